The van der Waals surface area contributed by atoms with Gasteiger partial charge in [-0.05, 0) is 44.2 Å². The Morgan fingerprint density at radius 3 is 2.52 bits per heavy atom. The number of rotatable bonds is 5. The van der Waals surface area contributed by atoms with Crippen molar-refractivity contribution in [3.05, 3.63) is 53.6 Å². The van der Waals surface area contributed by atoms with Crippen LogP contribution in [-0.2, 0) is 0 Å². The van der Waals surface area contributed by atoms with Gasteiger partial charge in [-0.3, -0.25) is 4.79 Å². The third-order valence-electron chi connectivity index (χ3n) is 2.94. The summed E-state index contributed by atoms with van der Waals surface area (Å²) in [6, 6.07) is 12.1. The zero-order chi connectivity index (χ0) is 15.4. The van der Waals surface area contributed by atoms with Crippen molar-refractivity contribution in [1.29, 1.82) is 0 Å². The molecule has 21 heavy (non-hydrogen) atoms. The number of carbonyl (C=O) groups is 1. The lowest BCUT2D eigenvalue weighted by Crippen LogP contribution is -2.08. The van der Waals surface area contributed by atoms with Crippen LogP contribution in [0.15, 0.2) is 42.5 Å². The molecule has 0 radical (unpaired) electrons. The molecular weight excluding hydrogens is 266 g/mol. The molecule has 0 fully saturated rings. The first-order valence-electron chi connectivity index (χ1n) is 6.76. The molecule has 0 aliphatic rings. The van der Waals surface area contributed by atoms with Gasteiger partial charge in [0, 0.05) is 11.3 Å². The fourth-order valence-electron chi connectivity index (χ4n) is 2.05. The van der Waals surface area contributed by atoms with Crippen molar-refractivity contribution in [3.63, 3.8) is 0 Å². The van der Waals surface area contributed by atoms with Crippen molar-refractivity contribution in [2.45, 2.75) is 20.0 Å². The van der Waals surface area contributed by atoms with Gasteiger partial charge in [-0.25, -0.2) is 0 Å². The van der Waals surface area contributed by atoms with Gasteiger partial charge in [0.15, 0.2) is 5.78 Å². The molecule has 2 aromatic carbocycles. The van der Waals surface area contributed by atoms with Gasteiger partial charge in [0.2, 0.25) is 0 Å². The molecular formula is C17H19NO3. The summed E-state index contributed by atoms with van der Waals surface area (Å²) in [6.45, 7) is 3.87. The van der Waals surface area contributed by atoms with E-state index in [4.69, 9.17) is 15.2 Å². The predicted molar refractivity (Wildman–Crippen MR) is 83.0 cm³/mol. The van der Waals surface area contributed by atoms with E-state index in [1.807, 2.05) is 13.8 Å². The smallest absolute Gasteiger partial charge is 0.196 e. The Bertz CT molecular complexity index is 650. The number of methoxy groups -OCH3 is 1. The molecule has 110 valence electrons. The number of ketones is 1. The summed E-state index contributed by atoms with van der Waals surface area (Å²) in [6.07, 6.45) is 0.0358. The molecule has 0 bridgehead atoms. The number of anilines is 1. The molecule has 0 heterocycles. The lowest BCUT2D eigenvalue weighted by Gasteiger charge is -2.13. The van der Waals surface area contributed by atoms with Crippen LogP contribution in [0.5, 0.6) is 11.5 Å². The van der Waals surface area contributed by atoms with E-state index >= 15 is 0 Å². The quantitative estimate of drug-likeness (QED) is 0.676. The van der Waals surface area contributed by atoms with Crippen LogP contribution in [0.1, 0.15) is 29.8 Å². The lowest BCUT2D eigenvalue weighted by molar-refractivity contribution is 0.103. The van der Waals surface area contributed by atoms with Crippen molar-refractivity contribution in [3.8, 4) is 11.5 Å². The molecule has 4 heteroatoms. The van der Waals surface area contributed by atoms with E-state index < -0.39 is 0 Å². The Kier molecular flexibility index (Phi) is 4.48. The van der Waals surface area contributed by atoms with Gasteiger partial charge in [0.25, 0.3) is 0 Å². The van der Waals surface area contributed by atoms with E-state index in [1.54, 1.807) is 42.5 Å². The molecule has 0 unspecified atom stereocenters. The third-order valence-corrected chi connectivity index (χ3v) is 2.94. The van der Waals surface area contributed by atoms with Crippen molar-refractivity contribution < 1.29 is 14.3 Å². The normalized spacial score (nSPS) is 10.5. The average molecular weight is 285 g/mol. The van der Waals surface area contributed by atoms with Gasteiger partial charge < -0.3 is 15.2 Å². The van der Waals surface area contributed by atoms with E-state index in [9.17, 15) is 4.79 Å². The minimum Gasteiger partial charge on any atom is -0.496 e. The third kappa shape index (κ3) is 3.54. The largest absolute Gasteiger partial charge is 0.496 e. The van der Waals surface area contributed by atoms with Crippen LogP contribution < -0.4 is 15.2 Å². The van der Waals surface area contributed by atoms with Crippen LogP contribution in [0.2, 0.25) is 0 Å². The van der Waals surface area contributed by atoms with Crippen molar-refractivity contribution in [2.24, 2.45) is 0 Å². The topological polar surface area (TPSA) is 61.5 Å². The number of ether oxygens (including phenoxy) is 2. The van der Waals surface area contributed by atoms with Crippen LogP contribution in [0.4, 0.5) is 5.69 Å². The zero-order valence-electron chi connectivity index (χ0n) is 12.4. The van der Waals surface area contributed by atoms with E-state index in [0.717, 1.165) is 0 Å². The SMILES string of the molecule is COc1ccc(OC(C)C)cc1C(=O)c1cccc(N)c1. The highest BCUT2D eigenvalue weighted by Gasteiger charge is 2.16. The summed E-state index contributed by atoms with van der Waals surface area (Å²) in [5.41, 5.74) is 7.27. The molecule has 2 N–H and O–H groups in total. The Morgan fingerprint density at radius 1 is 1.14 bits per heavy atom. The lowest BCUT2D eigenvalue weighted by atomic mass is 10.0. The van der Waals surface area contributed by atoms with Gasteiger partial charge in [-0.1, -0.05) is 12.1 Å². The molecule has 0 aliphatic carbocycles. The molecule has 0 aromatic heterocycles. The summed E-state index contributed by atoms with van der Waals surface area (Å²) in [5, 5.41) is 0. The first-order chi connectivity index (χ1) is 10.0. The van der Waals surface area contributed by atoms with E-state index in [2.05, 4.69) is 0 Å². The number of nitrogen functional groups attached to an aromatic ring is 1. The maximum atomic E-state index is 12.6. The monoisotopic (exact) mass is 285 g/mol. The average Bonchev–Trinajstić information content (AvgIpc) is 2.46. The summed E-state index contributed by atoms with van der Waals surface area (Å²) in [5.74, 6) is 1.00. The van der Waals surface area contributed by atoms with Crippen LogP contribution in [0.25, 0.3) is 0 Å². The molecule has 0 spiro atoms. The first kappa shape index (κ1) is 14.9. The fourth-order valence-corrected chi connectivity index (χ4v) is 2.05. The predicted octanol–water partition coefficient (Wildman–Crippen LogP) is 3.30. The number of benzene rings is 2. The van der Waals surface area contributed by atoms with Gasteiger partial charge in [0.05, 0.1) is 18.8 Å². The number of hydrogen-bond donors (Lipinski definition) is 1. The van der Waals surface area contributed by atoms with Gasteiger partial charge >= 0.3 is 0 Å². The molecule has 0 saturated carbocycles. The minimum atomic E-state index is -0.145. The van der Waals surface area contributed by atoms with Crippen LogP contribution >= 0.6 is 0 Å². The Morgan fingerprint density at radius 2 is 1.90 bits per heavy atom. The van der Waals surface area contributed by atoms with Gasteiger partial charge in [-0.2, -0.15) is 0 Å². The van der Waals surface area contributed by atoms with E-state index in [1.165, 1.54) is 7.11 Å². The maximum absolute atomic E-state index is 12.6. The zero-order valence-corrected chi connectivity index (χ0v) is 12.4. The van der Waals surface area contributed by atoms with Crippen LogP contribution in [-0.4, -0.2) is 19.0 Å². The van der Waals surface area contributed by atoms with Gasteiger partial charge in [-0.15, -0.1) is 0 Å². The van der Waals surface area contributed by atoms with E-state index in [-0.39, 0.29) is 11.9 Å². The van der Waals surface area contributed by atoms with Crippen molar-refractivity contribution in [1.82, 2.24) is 0 Å². The number of hydrogen-bond acceptors (Lipinski definition) is 4. The maximum Gasteiger partial charge on any atom is 0.196 e. The summed E-state index contributed by atoms with van der Waals surface area (Å²) >= 11 is 0. The van der Waals surface area contributed by atoms with Crippen molar-refractivity contribution in [2.75, 3.05) is 12.8 Å². The minimum absolute atomic E-state index is 0.0358. The molecule has 2 aromatic rings. The van der Waals surface area contributed by atoms with Crippen LogP contribution in [0, 0.1) is 0 Å². The second-order valence-corrected chi connectivity index (χ2v) is 4.98. The summed E-state index contributed by atoms with van der Waals surface area (Å²) < 4.78 is 10.9. The summed E-state index contributed by atoms with van der Waals surface area (Å²) in [4.78, 5) is 12.6. The highest BCUT2D eigenvalue weighted by molar-refractivity contribution is 6.11. The first-order valence-corrected chi connectivity index (χ1v) is 6.76. The molecule has 0 saturated heterocycles. The fraction of sp³-hybridized carbons (Fsp3) is 0.235. The molecule has 0 amide bonds. The highest BCUT2D eigenvalue weighted by atomic mass is 16.5. The Balaban J connectivity index is 2.42. The summed E-state index contributed by atoms with van der Waals surface area (Å²) in [7, 11) is 1.54. The van der Waals surface area contributed by atoms with Crippen LogP contribution in [0.3, 0.4) is 0 Å². The number of carbonyl (C=O) groups excluding carboxylic acids is 1. The van der Waals surface area contributed by atoms with E-state index in [0.29, 0.717) is 28.3 Å². The highest BCUT2D eigenvalue weighted by Crippen LogP contribution is 2.27. The molecule has 2 rings (SSSR count). The molecule has 0 aliphatic heterocycles. The van der Waals surface area contributed by atoms with Crippen molar-refractivity contribution >= 4 is 11.5 Å². The molecule has 0 atom stereocenters. The Labute approximate surface area is 124 Å². The number of nitrogens with two attached hydrogens (primary N) is 1. The molecule has 4 nitrogen and oxygen atoms in total. The standard InChI is InChI=1S/C17H19NO3/c1-11(2)21-14-7-8-16(20-3)15(10-14)17(19)12-5-4-6-13(18)9-12/h4-11H,18H2,1-3H3. The second kappa shape index (κ2) is 6.31. The van der Waals surface area contributed by atoms with Gasteiger partial charge in [0.1, 0.15) is 11.5 Å². The second-order valence-electron chi connectivity index (χ2n) is 4.98. The Hall–Kier alpha value is -2.49.